The van der Waals surface area contributed by atoms with E-state index >= 15 is 0 Å². The standard InChI is InChI=1S/C13H12BrN3O3S/c1-8(18)16-11-4-5-21-13(11)7-15-9-2-3-12(17(19)20)10(14)6-9/h2-6,15H,7H2,1H3,(H,16,18). The van der Waals surface area contributed by atoms with Crippen molar-refractivity contribution in [3.63, 3.8) is 0 Å². The molecule has 0 spiro atoms. The van der Waals surface area contributed by atoms with Gasteiger partial charge in [0, 0.05) is 23.6 Å². The number of hydrogen-bond donors (Lipinski definition) is 2. The third-order valence-electron chi connectivity index (χ3n) is 2.65. The minimum atomic E-state index is -0.442. The Kier molecular flexibility index (Phi) is 4.92. The Morgan fingerprint density at radius 1 is 1.43 bits per heavy atom. The molecular formula is C13H12BrN3O3S. The molecule has 0 radical (unpaired) electrons. The van der Waals surface area contributed by atoms with Gasteiger partial charge in [0.05, 0.1) is 21.6 Å². The highest BCUT2D eigenvalue weighted by Gasteiger charge is 2.12. The SMILES string of the molecule is CC(=O)Nc1ccsc1CNc1ccc([N+](=O)[O-])c(Br)c1. The van der Waals surface area contributed by atoms with Crippen LogP contribution in [0.4, 0.5) is 17.1 Å². The van der Waals surface area contributed by atoms with Gasteiger partial charge in [-0.3, -0.25) is 14.9 Å². The summed E-state index contributed by atoms with van der Waals surface area (Å²) >= 11 is 4.70. The number of rotatable bonds is 5. The number of nitrogens with zero attached hydrogens (tertiary/aromatic N) is 1. The number of nitrogens with one attached hydrogen (secondary N) is 2. The minimum Gasteiger partial charge on any atom is -0.380 e. The zero-order valence-electron chi connectivity index (χ0n) is 11.1. The number of carbonyl (C=O) groups is 1. The smallest absolute Gasteiger partial charge is 0.283 e. The number of benzene rings is 1. The molecule has 0 aliphatic carbocycles. The molecule has 110 valence electrons. The predicted octanol–water partition coefficient (Wildman–Crippen LogP) is 3.99. The molecule has 0 unspecified atom stereocenters. The summed E-state index contributed by atoms with van der Waals surface area (Å²) in [6, 6.07) is 6.59. The van der Waals surface area contributed by atoms with Gasteiger partial charge in [0.15, 0.2) is 0 Å². The third kappa shape index (κ3) is 4.02. The summed E-state index contributed by atoms with van der Waals surface area (Å²) in [6.45, 7) is 1.99. The quantitative estimate of drug-likeness (QED) is 0.616. The van der Waals surface area contributed by atoms with E-state index in [1.807, 2.05) is 11.4 Å². The largest absolute Gasteiger partial charge is 0.380 e. The van der Waals surface area contributed by atoms with E-state index in [-0.39, 0.29) is 11.6 Å². The van der Waals surface area contributed by atoms with Crippen molar-refractivity contribution in [1.82, 2.24) is 0 Å². The zero-order chi connectivity index (χ0) is 15.4. The summed E-state index contributed by atoms with van der Waals surface area (Å²) in [4.78, 5) is 22.4. The van der Waals surface area contributed by atoms with Crippen molar-refractivity contribution in [3.8, 4) is 0 Å². The lowest BCUT2D eigenvalue weighted by molar-refractivity contribution is -0.385. The highest BCUT2D eigenvalue weighted by atomic mass is 79.9. The lowest BCUT2D eigenvalue weighted by Gasteiger charge is -2.08. The normalized spacial score (nSPS) is 10.2. The number of thiophene rings is 1. The maximum Gasteiger partial charge on any atom is 0.283 e. The van der Waals surface area contributed by atoms with Crippen molar-refractivity contribution in [2.24, 2.45) is 0 Å². The number of halogens is 1. The van der Waals surface area contributed by atoms with Crippen LogP contribution in [0.2, 0.25) is 0 Å². The van der Waals surface area contributed by atoms with Gasteiger partial charge in [-0.05, 0) is 39.5 Å². The van der Waals surface area contributed by atoms with E-state index in [4.69, 9.17) is 0 Å². The molecule has 0 atom stereocenters. The maximum absolute atomic E-state index is 11.1. The molecule has 0 fully saturated rings. The van der Waals surface area contributed by atoms with Crippen LogP contribution in [0.25, 0.3) is 0 Å². The summed E-state index contributed by atoms with van der Waals surface area (Å²) in [6.07, 6.45) is 0. The molecule has 2 aromatic rings. The van der Waals surface area contributed by atoms with E-state index in [0.717, 1.165) is 16.3 Å². The first-order valence-corrected chi connectivity index (χ1v) is 7.66. The molecule has 1 aromatic carbocycles. The Morgan fingerprint density at radius 3 is 2.81 bits per heavy atom. The van der Waals surface area contributed by atoms with Gasteiger partial charge < -0.3 is 10.6 Å². The average molecular weight is 370 g/mol. The highest BCUT2D eigenvalue weighted by Crippen LogP contribution is 2.29. The van der Waals surface area contributed by atoms with Gasteiger partial charge in [-0.15, -0.1) is 11.3 Å². The number of amides is 1. The number of nitro benzene ring substituents is 1. The van der Waals surface area contributed by atoms with Crippen molar-refractivity contribution in [2.45, 2.75) is 13.5 Å². The fourth-order valence-electron chi connectivity index (χ4n) is 1.73. The molecule has 21 heavy (non-hydrogen) atoms. The highest BCUT2D eigenvalue weighted by molar-refractivity contribution is 9.10. The predicted molar refractivity (Wildman–Crippen MR) is 86.7 cm³/mol. The van der Waals surface area contributed by atoms with Crippen LogP contribution in [0.5, 0.6) is 0 Å². The van der Waals surface area contributed by atoms with Gasteiger partial charge in [-0.25, -0.2) is 0 Å². The van der Waals surface area contributed by atoms with Gasteiger partial charge in [0.2, 0.25) is 5.91 Å². The van der Waals surface area contributed by atoms with Crippen LogP contribution < -0.4 is 10.6 Å². The Morgan fingerprint density at radius 2 is 2.19 bits per heavy atom. The second-order valence-electron chi connectivity index (χ2n) is 4.22. The molecule has 1 heterocycles. The van der Waals surface area contributed by atoms with E-state index in [2.05, 4.69) is 26.6 Å². The summed E-state index contributed by atoms with van der Waals surface area (Å²) in [5.41, 5.74) is 1.56. The number of carbonyl (C=O) groups excluding carboxylic acids is 1. The molecule has 2 rings (SSSR count). The van der Waals surface area contributed by atoms with Crippen LogP contribution in [-0.4, -0.2) is 10.8 Å². The fourth-order valence-corrected chi connectivity index (χ4v) is 3.02. The summed E-state index contributed by atoms with van der Waals surface area (Å²) in [5, 5.41) is 18.6. The monoisotopic (exact) mass is 369 g/mol. The Labute approximate surface area is 133 Å². The average Bonchev–Trinajstić information content (AvgIpc) is 2.82. The van der Waals surface area contributed by atoms with E-state index in [0.29, 0.717) is 11.0 Å². The lowest BCUT2D eigenvalue weighted by Crippen LogP contribution is -2.08. The molecule has 1 amide bonds. The van der Waals surface area contributed by atoms with Crippen LogP contribution in [0, 0.1) is 10.1 Å². The minimum absolute atomic E-state index is 0.0237. The number of hydrogen-bond acceptors (Lipinski definition) is 5. The number of nitro groups is 1. The summed E-state index contributed by atoms with van der Waals surface area (Å²) in [7, 11) is 0. The van der Waals surface area contributed by atoms with E-state index in [1.165, 1.54) is 24.3 Å². The van der Waals surface area contributed by atoms with Gasteiger partial charge in [-0.1, -0.05) is 0 Å². The molecule has 0 aliphatic rings. The Balaban J connectivity index is 2.07. The van der Waals surface area contributed by atoms with E-state index in [9.17, 15) is 14.9 Å². The molecule has 0 saturated heterocycles. The van der Waals surface area contributed by atoms with Crippen molar-refractivity contribution >= 4 is 50.2 Å². The molecule has 0 bridgehead atoms. The van der Waals surface area contributed by atoms with Gasteiger partial charge in [0.1, 0.15) is 0 Å². The van der Waals surface area contributed by atoms with Crippen molar-refractivity contribution < 1.29 is 9.72 Å². The zero-order valence-corrected chi connectivity index (χ0v) is 13.5. The lowest BCUT2D eigenvalue weighted by atomic mass is 10.2. The molecule has 0 aliphatic heterocycles. The topological polar surface area (TPSA) is 84.3 Å². The number of anilines is 2. The molecule has 6 nitrogen and oxygen atoms in total. The Bertz CT molecular complexity index is 687. The maximum atomic E-state index is 11.1. The van der Waals surface area contributed by atoms with Crippen LogP contribution in [-0.2, 0) is 11.3 Å². The van der Waals surface area contributed by atoms with Crippen LogP contribution in [0.3, 0.4) is 0 Å². The van der Waals surface area contributed by atoms with Crippen molar-refractivity contribution in [1.29, 1.82) is 0 Å². The third-order valence-corrected chi connectivity index (χ3v) is 4.21. The van der Waals surface area contributed by atoms with Crippen LogP contribution in [0.15, 0.2) is 34.1 Å². The van der Waals surface area contributed by atoms with Crippen LogP contribution in [0.1, 0.15) is 11.8 Å². The van der Waals surface area contributed by atoms with E-state index < -0.39 is 4.92 Å². The first-order valence-electron chi connectivity index (χ1n) is 5.99. The van der Waals surface area contributed by atoms with Crippen LogP contribution >= 0.6 is 27.3 Å². The van der Waals surface area contributed by atoms with Gasteiger partial charge in [-0.2, -0.15) is 0 Å². The van der Waals surface area contributed by atoms with Gasteiger partial charge in [0.25, 0.3) is 5.69 Å². The first-order chi connectivity index (χ1) is 9.97. The second-order valence-corrected chi connectivity index (χ2v) is 6.07. The fraction of sp³-hybridized carbons (Fsp3) is 0.154. The molecular weight excluding hydrogens is 358 g/mol. The van der Waals surface area contributed by atoms with Gasteiger partial charge >= 0.3 is 0 Å². The summed E-state index contributed by atoms with van der Waals surface area (Å²) < 4.78 is 0.422. The molecule has 8 heteroatoms. The van der Waals surface area contributed by atoms with Crippen molar-refractivity contribution in [3.05, 3.63) is 49.1 Å². The van der Waals surface area contributed by atoms with E-state index in [1.54, 1.807) is 12.1 Å². The Hall–Kier alpha value is -1.93. The first kappa shape index (κ1) is 15.5. The molecule has 1 aromatic heterocycles. The van der Waals surface area contributed by atoms with Crippen molar-refractivity contribution in [2.75, 3.05) is 10.6 Å². The summed E-state index contributed by atoms with van der Waals surface area (Å²) in [5.74, 6) is -0.118. The second kappa shape index (κ2) is 6.68. The molecule has 2 N–H and O–H groups in total. The molecule has 0 saturated carbocycles.